The molecule has 0 atom stereocenters. The Bertz CT molecular complexity index is 678. The van der Waals surface area contributed by atoms with Crippen LogP contribution >= 0.6 is 0 Å². The van der Waals surface area contributed by atoms with Crippen molar-refractivity contribution >= 4 is 15.9 Å². The minimum absolute atomic E-state index is 0.0328. The van der Waals surface area contributed by atoms with Gasteiger partial charge in [0.15, 0.2) is 0 Å². The first-order valence-electron chi connectivity index (χ1n) is 8.69. The highest BCUT2D eigenvalue weighted by atomic mass is 32.2. The number of hydrogen-bond donors (Lipinski definition) is 1. The highest BCUT2D eigenvalue weighted by Gasteiger charge is 2.26. The number of aryl methyl sites for hydroxylation is 2. The van der Waals surface area contributed by atoms with Gasteiger partial charge in [0, 0.05) is 24.7 Å². The van der Waals surface area contributed by atoms with Gasteiger partial charge in [0.2, 0.25) is 10.0 Å². The van der Waals surface area contributed by atoms with E-state index in [0.717, 1.165) is 12.0 Å². The maximum absolute atomic E-state index is 12.6. The molecule has 0 radical (unpaired) electrons. The van der Waals surface area contributed by atoms with Crippen molar-refractivity contribution in [2.45, 2.75) is 52.5 Å². The van der Waals surface area contributed by atoms with Gasteiger partial charge < -0.3 is 4.90 Å². The fourth-order valence-electron chi connectivity index (χ4n) is 2.90. The van der Waals surface area contributed by atoms with Gasteiger partial charge in [0.25, 0.3) is 5.91 Å². The van der Waals surface area contributed by atoms with Crippen molar-refractivity contribution in [3.8, 4) is 0 Å². The number of rotatable bonds is 6. The number of piperidine rings is 1. The molecule has 1 fully saturated rings. The maximum Gasteiger partial charge on any atom is 0.253 e. The molecule has 0 saturated carbocycles. The average Bonchev–Trinajstić information content (AvgIpc) is 2.55. The van der Waals surface area contributed by atoms with Crippen LogP contribution in [0.1, 0.15) is 54.1 Å². The second-order valence-corrected chi connectivity index (χ2v) is 8.53. The second kappa shape index (κ2) is 8.12. The van der Waals surface area contributed by atoms with Crippen LogP contribution in [0.3, 0.4) is 0 Å². The summed E-state index contributed by atoms with van der Waals surface area (Å²) < 4.78 is 26.7. The van der Waals surface area contributed by atoms with Crippen molar-refractivity contribution in [3.63, 3.8) is 0 Å². The lowest BCUT2D eigenvalue weighted by Crippen LogP contribution is -2.47. The van der Waals surface area contributed by atoms with Crippen LogP contribution in [0.4, 0.5) is 0 Å². The smallest absolute Gasteiger partial charge is 0.253 e. The molecule has 5 nitrogen and oxygen atoms in total. The predicted octanol–water partition coefficient (Wildman–Crippen LogP) is 2.63. The fraction of sp³-hybridized carbons (Fsp3) is 0.611. The number of nitrogens with zero attached hydrogens (tertiary/aromatic N) is 1. The largest absolute Gasteiger partial charge is 0.339 e. The van der Waals surface area contributed by atoms with Gasteiger partial charge in [-0.15, -0.1) is 0 Å². The molecule has 1 aliphatic rings. The molecule has 2 rings (SSSR count). The topological polar surface area (TPSA) is 66.5 Å². The third kappa shape index (κ3) is 5.05. The van der Waals surface area contributed by atoms with E-state index in [-0.39, 0.29) is 17.7 Å². The van der Waals surface area contributed by atoms with Gasteiger partial charge in [0.05, 0.1) is 5.75 Å². The molecule has 0 unspecified atom stereocenters. The monoisotopic (exact) mass is 352 g/mol. The van der Waals surface area contributed by atoms with Gasteiger partial charge in [-0.2, -0.15) is 0 Å². The summed E-state index contributed by atoms with van der Waals surface area (Å²) in [5, 5.41) is 0. The number of likely N-dealkylation sites (tertiary alicyclic amines) is 1. The van der Waals surface area contributed by atoms with E-state index in [1.165, 1.54) is 5.56 Å². The van der Waals surface area contributed by atoms with Crippen LogP contribution in [0, 0.1) is 13.8 Å². The number of amides is 1. The summed E-state index contributed by atoms with van der Waals surface area (Å²) in [4.78, 5) is 14.4. The van der Waals surface area contributed by atoms with Gasteiger partial charge in [0.1, 0.15) is 0 Å². The number of unbranched alkanes of at least 4 members (excludes halogenated alkanes) is 1. The Balaban J connectivity index is 1.90. The molecule has 1 saturated heterocycles. The van der Waals surface area contributed by atoms with Gasteiger partial charge >= 0.3 is 0 Å². The zero-order valence-electron chi connectivity index (χ0n) is 14.8. The lowest BCUT2D eigenvalue weighted by molar-refractivity contribution is 0.0711. The van der Waals surface area contributed by atoms with E-state index in [2.05, 4.69) is 4.72 Å². The SMILES string of the molecule is CCCCS(=O)(=O)NC1CCN(C(=O)c2ccc(C)c(C)c2)CC1. The molecule has 134 valence electrons. The highest BCUT2D eigenvalue weighted by molar-refractivity contribution is 7.89. The molecule has 0 bridgehead atoms. The van der Waals surface area contributed by atoms with E-state index in [0.29, 0.717) is 37.9 Å². The van der Waals surface area contributed by atoms with Crippen molar-refractivity contribution in [2.24, 2.45) is 0 Å². The lowest BCUT2D eigenvalue weighted by atomic mass is 10.0. The Kier molecular flexibility index (Phi) is 6.40. The molecule has 0 aromatic heterocycles. The second-order valence-electron chi connectivity index (χ2n) is 6.66. The number of nitrogens with one attached hydrogen (secondary N) is 1. The van der Waals surface area contributed by atoms with Crippen LogP contribution in [0.2, 0.25) is 0 Å². The Morgan fingerprint density at radius 3 is 2.46 bits per heavy atom. The summed E-state index contributed by atoms with van der Waals surface area (Å²) in [7, 11) is -3.20. The van der Waals surface area contributed by atoms with Gasteiger partial charge in [-0.05, 0) is 56.4 Å². The van der Waals surface area contributed by atoms with Crippen LogP contribution in [-0.2, 0) is 10.0 Å². The number of sulfonamides is 1. The zero-order chi connectivity index (χ0) is 17.7. The van der Waals surface area contributed by atoms with Crippen molar-refractivity contribution in [1.82, 2.24) is 9.62 Å². The molecule has 0 aliphatic carbocycles. The first kappa shape index (κ1) is 18.9. The van der Waals surface area contributed by atoms with E-state index in [1.54, 1.807) is 0 Å². The third-order valence-corrected chi connectivity index (χ3v) is 6.17. The zero-order valence-corrected chi connectivity index (χ0v) is 15.7. The summed E-state index contributed by atoms with van der Waals surface area (Å²) in [6.45, 7) is 7.19. The molecule has 1 aliphatic heterocycles. The molecule has 6 heteroatoms. The Labute approximate surface area is 145 Å². The number of hydrogen-bond acceptors (Lipinski definition) is 3. The lowest BCUT2D eigenvalue weighted by Gasteiger charge is -2.32. The molecule has 1 heterocycles. The van der Waals surface area contributed by atoms with Crippen LogP contribution in [0.25, 0.3) is 0 Å². The quantitative estimate of drug-likeness (QED) is 0.856. The molecule has 1 amide bonds. The molecule has 1 N–H and O–H groups in total. The first-order valence-corrected chi connectivity index (χ1v) is 10.3. The standard InChI is InChI=1S/C18H28N2O3S/c1-4-5-12-24(22,23)19-17-8-10-20(11-9-17)18(21)16-7-6-14(2)15(3)13-16/h6-7,13,17,19H,4-5,8-12H2,1-3H3. The molecule has 1 aromatic carbocycles. The third-order valence-electron chi connectivity index (χ3n) is 4.65. The number of carbonyl (C=O) groups is 1. The molecule has 1 aromatic rings. The van der Waals surface area contributed by atoms with E-state index in [4.69, 9.17) is 0 Å². The minimum Gasteiger partial charge on any atom is -0.339 e. The van der Waals surface area contributed by atoms with Crippen LogP contribution in [-0.4, -0.2) is 44.1 Å². The molecular weight excluding hydrogens is 324 g/mol. The summed E-state index contributed by atoms with van der Waals surface area (Å²) in [6, 6.07) is 5.70. The van der Waals surface area contributed by atoms with Gasteiger partial charge in [-0.3, -0.25) is 4.79 Å². The van der Waals surface area contributed by atoms with Crippen molar-refractivity contribution in [3.05, 3.63) is 34.9 Å². The highest BCUT2D eigenvalue weighted by Crippen LogP contribution is 2.17. The summed E-state index contributed by atoms with van der Waals surface area (Å²) in [5.74, 6) is 0.219. The van der Waals surface area contributed by atoms with Crippen LogP contribution in [0.15, 0.2) is 18.2 Å². The Morgan fingerprint density at radius 1 is 1.21 bits per heavy atom. The normalized spacial score (nSPS) is 16.4. The van der Waals surface area contributed by atoms with E-state index >= 15 is 0 Å². The van der Waals surface area contributed by atoms with Gasteiger partial charge in [-0.25, -0.2) is 13.1 Å². The molecular formula is C18H28N2O3S. The van der Waals surface area contributed by atoms with Crippen molar-refractivity contribution < 1.29 is 13.2 Å². The first-order chi connectivity index (χ1) is 11.3. The Morgan fingerprint density at radius 2 is 1.88 bits per heavy atom. The minimum atomic E-state index is -3.20. The summed E-state index contributed by atoms with van der Waals surface area (Å²) in [5.41, 5.74) is 2.99. The van der Waals surface area contributed by atoms with Crippen LogP contribution < -0.4 is 4.72 Å². The molecule has 24 heavy (non-hydrogen) atoms. The summed E-state index contributed by atoms with van der Waals surface area (Å²) >= 11 is 0. The van der Waals surface area contributed by atoms with Crippen molar-refractivity contribution in [2.75, 3.05) is 18.8 Å². The fourth-order valence-corrected chi connectivity index (χ4v) is 4.43. The number of carbonyl (C=O) groups excluding carboxylic acids is 1. The van der Waals surface area contributed by atoms with Crippen molar-refractivity contribution in [1.29, 1.82) is 0 Å². The average molecular weight is 353 g/mol. The Hall–Kier alpha value is -1.40. The summed E-state index contributed by atoms with van der Waals surface area (Å²) in [6.07, 6.45) is 2.88. The van der Waals surface area contributed by atoms with Crippen LogP contribution in [0.5, 0.6) is 0 Å². The maximum atomic E-state index is 12.6. The number of benzene rings is 1. The van der Waals surface area contributed by atoms with Gasteiger partial charge in [-0.1, -0.05) is 19.4 Å². The van der Waals surface area contributed by atoms with E-state index in [1.807, 2.05) is 43.9 Å². The predicted molar refractivity (Wildman–Crippen MR) is 96.7 cm³/mol. The van der Waals surface area contributed by atoms with E-state index in [9.17, 15) is 13.2 Å². The molecule has 0 spiro atoms. The van der Waals surface area contributed by atoms with E-state index < -0.39 is 10.0 Å².